The number of rotatable bonds is 13. The molecule has 0 aromatic carbocycles. The van der Waals surface area contributed by atoms with E-state index in [1.165, 1.54) is 0 Å². The van der Waals surface area contributed by atoms with Crippen LogP contribution in [0.15, 0.2) is 29.3 Å². The van der Waals surface area contributed by atoms with Crippen LogP contribution in [0.1, 0.15) is 94.6 Å². The summed E-state index contributed by atoms with van der Waals surface area (Å²) in [6.45, 7) is 11.4. The van der Waals surface area contributed by atoms with Crippen LogP contribution in [0.3, 0.4) is 0 Å². The van der Waals surface area contributed by atoms with Gasteiger partial charge in [0.05, 0.1) is 11.3 Å². The summed E-state index contributed by atoms with van der Waals surface area (Å²) in [6.07, 6.45) is 4.58. The first-order valence-corrected chi connectivity index (χ1v) is 13.1. The van der Waals surface area contributed by atoms with Crippen molar-refractivity contribution in [3.63, 3.8) is 0 Å². The van der Waals surface area contributed by atoms with E-state index in [0.717, 1.165) is 12.8 Å². The second kappa shape index (κ2) is 11.6. The smallest absolute Gasteiger partial charge is 0.305 e. The number of esters is 1. The molecule has 1 saturated carbocycles. The molecular formula is C24H36N2O5S. The Morgan fingerprint density at radius 1 is 1.22 bits per heavy atom. The first-order valence-electron chi connectivity index (χ1n) is 11.5. The summed E-state index contributed by atoms with van der Waals surface area (Å²) in [5.74, 6) is -0.620. The van der Waals surface area contributed by atoms with Crippen molar-refractivity contribution in [1.82, 2.24) is 10.3 Å². The molecule has 0 aliphatic heterocycles. The van der Waals surface area contributed by atoms with E-state index in [2.05, 4.69) is 16.9 Å². The SMILES string of the molecule is C=C(C)C(CCC)S(=O)(=O)c1nc(C(=O)NC(CC)COC(=O)CCC)ccc1C1CC1. The van der Waals surface area contributed by atoms with Gasteiger partial charge in [0.1, 0.15) is 12.3 Å². The first-order chi connectivity index (χ1) is 15.1. The molecule has 8 heteroatoms. The van der Waals surface area contributed by atoms with Gasteiger partial charge in [-0.3, -0.25) is 9.59 Å². The Labute approximate surface area is 192 Å². The van der Waals surface area contributed by atoms with Gasteiger partial charge < -0.3 is 10.1 Å². The number of hydrogen-bond donors (Lipinski definition) is 1. The lowest BCUT2D eigenvalue weighted by Gasteiger charge is -2.20. The van der Waals surface area contributed by atoms with E-state index in [1.807, 2.05) is 20.8 Å². The summed E-state index contributed by atoms with van der Waals surface area (Å²) >= 11 is 0. The molecule has 7 nitrogen and oxygen atoms in total. The van der Waals surface area contributed by atoms with Gasteiger partial charge in [-0.2, -0.15) is 0 Å². The molecule has 1 aliphatic carbocycles. The van der Waals surface area contributed by atoms with Crippen molar-refractivity contribution < 1.29 is 22.7 Å². The third-order valence-electron chi connectivity index (χ3n) is 5.61. The van der Waals surface area contributed by atoms with Gasteiger partial charge in [-0.1, -0.05) is 45.4 Å². The van der Waals surface area contributed by atoms with Gasteiger partial charge in [0.15, 0.2) is 5.03 Å². The number of sulfone groups is 1. The number of amides is 1. The van der Waals surface area contributed by atoms with Gasteiger partial charge >= 0.3 is 5.97 Å². The van der Waals surface area contributed by atoms with E-state index in [9.17, 15) is 18.0 Å². The van der Waals surface area contributed by atoms with Crippen molar-refractivity contribution >= 4 is 21.7 Å². The predicted octanol–water partition coefficient (Wildman–Crippen LogP) is 4.33. The van der Waals surface area contributed by atoms with Crippen LogP contribution >= 0.6 is 0 Å². The molecule has 178 valence electrons. The fraction of sp³-hybridized carbons (Fsp3) is 0.625. The monoisotopic (exact) mass is 464 g/mol. The Morgan fingerprint density at radius 3 is 2.44 bits per heavy atom. The summed E-state index contributed by atoms with van der Waals surface area (Å²) < 4.78 is 32.2. The molecule has 1 amide bonds. The molecule has 2 rings (SSSR count). The average Bonchev–Trinajstić information content (AvgIpc) is 3.59. The molecule has 1 N–H and O–H groups in total. The lowest BCUT2D eigenvalue weighted by molar-refractivity contribution is -0.144. The first kappa shape index (κ1) is 26.0. The van der Waals surface area contributed by atoms with Crippen LogP contribution in [0.2, 0.25) is 0 Å². The van der Waals surface area contributed by atoms with Gasteiger partial charge in [0.2, 0.25) is 9.84 Å². The number of carbonyl (C=O) groups excluding carboxylic acids is 2. The van der Waals surface area contributed by atoms with E-state index < -0.39 is 21.0 Å². The molecule has 32 heavy (non-hydrogen) atoms. The third kappa shape index (κ3) is 6.64. The van der Waals surface area contributed by atoms with Crippen LogP contribution < -0.4 is 5.32 Å². The molecule has 2 atom stereocenters. The van der Waals surface area contributed by atoms with Gasteiger partial charge in [0, 0.05) is 6.42 Å². The molecular weight excluding hydrogens is 428 g/mol. The number of aromatic nitrogens is 1. The van der Waals surface area contributed by atoms with Crippen LogP contribution in [0.5, 0.6) is 0 Å². The summed E-state index contributed by atoms with van der Waals surface area (Å²) in [7, 11) is -3.78. The topological polar surface area (TPSA) is 102 Å². The van der Waals surface area contributed by atoms with Crippen LogP contribution in [0.4, 0.5) is 0 Å². The Balaban J connectivity index is 2.29. The molecule has 2 unspecified atom stereocenters. The lowest BCUT2D eigenvalue weighted by atomic mass is 10.1. The van der Waals surface area contributed by atoms with Crippen LogP contribution in [0.25, 0.3) is 0 Å². The number of nitrogens with zero attached hydrogens (tertiary/aromatic N) is 1. The number of pyridine rings is 1. The minimum atomic E-state index is -3.78. The maximum atomic E-state index is 13.5. The number of nitrogens with one attached hydrogen (secondary N) is 1. The zero-order chi connectivity index (χ0) is 23.9. The summed E-state index contributed by atoms with van der Waals surface area (Å²) in [6, 6.07) is 2.92. The fourth-order valence-electron chi connectivity index (χ4n) is 3.56. The normalized spacial score (nSPS) is 15.6. The predicted molar refractivity (Wildman–Crippen MR) is 124 cm³/mol. The Morgan fingerprint density at radius 2 is 1.91 bits per heavy atom. The zero-order valence-corrected chi connectivity index (χ0v) is 20.5. The molecule has 0 radical (unpaired) electrons. The van der Waals surface area contributed by atoms with E-state index in [1.54, 1.807) is 19.1 Å². The molecule has 0 bridgehead atoms. The molecule has 0 spiro atoms. The molecule has 0 saturated heterocycles. The van der Waals surface area contributed by atoms with E-state index >= 15 is 0 Å². The van der Waals surface area contributed by atoms with E-state index in [4.69, 9.17) is 4.74 Å². The minimum Gasteiger partial charge on any atom is -0.463 e. The largest absolute Gasteiger partial charge is 0.463 e. The van der Waals surface area contributed by atoms with Crippen molar-refractivity contribution in [2.75, 3.05) is 6.61 Å². The highest BCUT2D eigenvalue weighted by Gasteiger charge is 2.36. The Bertz CT molecular complexity index is 938. The van der Waals surface area contributed by atoms with Crippen molar-refractivity contribution in [2.24, 2.45) is 0 Å². The molecule has 1 aliphatic rings. The van der Waals surface area contributed by atoms with Crippen molar-refractivity contribution in [1.29, 1.82) is 0 Å². The molecule has 1 heterocycles. The second-order valence-corrected chi connectivity index (χ2v) is 10.6. The molecule has 1 fully saturated rings. The fourth-order valence-corrected chi connectivity index (χ4v) is 5.70. The van der Waals surface area contributed by atoms with E-state index in [-0.39, 0.29) is 35.3 Å². The minimum absolute atomic E-state index is 0.00322. The second-order valence-electron chi connectivity index (χ2n) is 8.55. The molecule has 1 aromatic rings. The summed E-state index contributed by atoms with van der Waals surface area (Å²) in [5.41, 5.74) is 1.30. The maximum Gasteiger partial charge on any atom is 0.305 e. The van der Waals surface area contributed by atoms with Gasteiger partial charge in [-0.25, -0.2) is 13.4 Å². The number of carbonyl (C=O) groups is 2. The van der Waals surface area contributed by atoms with E-state index in [0.29, 0.717) is 43.2 Å². The zero-order valence-electron chi connectivity index (χ0n) is 19.6. The van der Waals surface area contributed by atoms with Crippen LogP contribution in [-0.4, -0.2) is 43.2 Å². The summed E-state index contributed by atoms with van der Waals surface area (Å²) in [5, 5.41) is 2.08. The lowest BCUT2D eigenvalue weighted by Crippen LogP contribution is -2.39. The average molecular weight is 465 g/mol. The van der Waals surface area contributed by atoms with Crippen LogP contribution in [0, 0.1) is 0 Å². The van der Waals surface area contributed by atoms with Gasteiger partial charge in [0.25, 0.3) is 5.91 Å². The maximum absolute atomic E-state index is 13.5. The highest BCUT2D eigenvalue weighted by Crippen LogP contribution is 2.43. The highest BCUT2D eigenvalue weighted by molar-refractivity contribution is 7.92. The molecule has 1 aromatic heterocycles. The quantitative estimate of drug-likeness (QED) is 0.344. The van der Waals surface area contributed by atoms with Crippen molar-refractivity contribution in [2.45, 2.75) is 94.9 Å². The number of ether oxygens (including phenoxy) is 1. The third-order valence-corrected chi connectivity index (χ3v) is 7.86. The Kier molecular flexibility index (Phi) is 9.43. The van der Waals surface area contributed by atoms with Gasteiger partial charge in [-0.05, 0) is 56.6 Å². The highest BCUT2D eigenvalue weighted by atomic mass is 32.2. The Hall–Kier alpha value is -2.22. The standard InChI is InChI=1S/C24H36N2O5S/c1-6-9-21(16(4)5)32(29,30)24-19(17-11-12-17)13-14-20(26-24)23(28)25-18(8-3)15-31-22(27)10-7-2/h13-14,17-18,21H,4,6-12,15H2,1-3,5H3,(H,25,28). The van der Waals surface area contributed by atoms with Gasteiger partial charge in [-0.15, -0.1) is 0 Å². The summed E-state index contributed by atoms with van der Waals surface area (Å²) in [4.78, 5) is 28.8. The van der Waals surface area contributed by atoms with Crippen LogP contribution in [-0.2, 0) is 19.4 Å². The van der Waals surface area contributed by atoms with Crippen molar-refractivity contribution in [3.8, 4) is 0 Å². The number of hydrogen-bond acceptors (Lipinski definition) is 6. The van der Waals surface area contributed by atoms with Crippen molar-refractivity contribution in [3.05, 3.63) is 35.5 Å².